The zero-order valence-corrected chi connectivity index (χ0v) is 18.0. The maximum absolute atomic E-state index is 12.7. The Labute approximate surface area is 189 Å². The predicted molar refractivity (Wildman–Crippen MR) is 114 cm³/mol. The molecular formula is C22H25F3N4O4. The summed E-state index contributed by atoms with van der Waals surface area (Å²) >= 11 is 0. The van der Waals surface area contributed by atoms with Crippen LogP contribution in [0.4, 0.5) is 19.0 Å². The molecule has 2 heterocycles. The van der Waals surface area contributed by atoms with Crippen LogP contribution in [0.5, 0.6) is 11.5 Å². The Kier molecular flexibility index (Phi) is 7.96. The number of amides is 2. The predicted octanol–water partition coefficient (Wildman–Crippen LogP) is 2.94. The highest BCUT2D eigenvalue weighted by atomic mass is 19.4. The molecule has 1 fully saturated rings. The standard InChI is InChI=1S/C22H25F3N4O4/c1-2-32-17-5-3-4-6-18(17)33-14-20(30)27-28-21(31)15-9-11-29(12-10-15)19-8-7-16(13-26-19)22(23,24)25/h3-8,13,15H,2,9-12,14H2,1H3,(H,27,30)(H,28,31). The zero-order chi connectivity index (χ0) is 23.8. The number of carbonyl (C=O) groups excluding carboxylic acids is 2. The number of ether oxygens (including phenoxy) is 2. The lowest BCUT2D eigenvalue weighted by Crippen LogP contribution is -2.48. The lowest BCUT2D eigenvalue weighted by molar-refractivity contribution is -0.137. The molecule has 2 N–H and O–H groups in total. The lowest BCUT2D eigenvalue weighted by atomic mass is 9.96. The van der Waals surface area contributed by atoms with E-state index in [4.69, 9.17) is 9.47 Å². The molecule has 2 amide bonds. The van der Waals surface area contributed by atoms with Crippen LogP contribution < -0.4 is 25.2 Å². The van der Waals surface area contributed by atoms with Crippen molar-refractivity contribution in [1.29, 1.82) is 0 Å². The first kappa shape index (κ1) is 24.1. The topological polar surface area (TPSA) is 92.8 Å². The number of carbonyl (C=O) groups is 2. The fourth-order valence-electron chi connectivity index (χ4n) is 3.37. The van der Waals surface area contributed by atoms with Gasteiger partial charge >= 0.3 is 6.18 Å². The van der Waals surface area contributed by atoms with Crippen LogP contribution in [0, 0.1) is 5.92 Å². The summed E-state index contributed by atoms with van der Waals surface area (Å²) in [6, 6.07) is 9.26. The first-order chi connectivity index (χ1) is 15.8. The minimum absolute atomic E-state index is 0.303. The van der Waals surface area contributed by atoms with Gasteiger partial charge in [-0.15, -0.1) is 0 Å². The minimum atomic E-state index is -4.43. The molecule has 1 aliphatic heterocycles. The van der Waals surface area contributed by atoms with E-state index < -0.39 is 17.6 Å². The summed E-state index contributed by atoms with van der Waals surface area (Å²) in [6.45, 7) is 2.91. The molecule has 0 spiro atoms. The molecule has 0 aliphatic carbocycles. The molecule has 1 saturated heterocycles. The summed E-state index contributed by atoms with van der Waals surface area (Å²) in [5.41, 5.74) is 3.92. The highest BCUT2D eigenvalue weighted by Gasteiger charge is 2.31. The van der Waals surface area contributed by atoms with Gasteiger partial charge in [0, 0.05) is 25.2 Å². The van der Waals surface area contributed by atoms with Gasteiger partial charge in [0.25, 0.3) is 5.91 Å². The molecular weight excluding hydrogens is 441 g/mol. The molecule has 8 nitrogen and oxygen atoms in total. The van der Waals surface area contributed by atoms with Crippen LogP contribution in [0.15, 0.2) is 42.6 Å². The number of anilines is 1. The maximum atomic E-state index is 12.7. The minimum Gasteiger partial charge on any atom is -0.490 e. The van der Waals surface area contributed by atoms with Gasteiger partial charge in [-0.1, -0.05) is 12.1 Å². The molecule has 11 heteroatoms. The second kappa shape index (κ2) is 10.9. The second-order valence-electron chi connectivity index (χ2n) is 7.37. The molecule has 0 saturated carbocycles. The van der Waals surface area contributed by atoms with Crippen LogP contribution in [0.1, 0.15) is 25.3 Å². The first-order valence-corrected chi connectivity index (χ1v) is 10.5. The van der Waals surface area contributed by atoms with Gasteiger partial charge in [-0.2, -0.15) is 13.2 Å². The number of aromatic nitrogens is 1. The number of hydrogen-bond acceptors (Lipinski definition) is 6. The number of nitrogens with zero attached hydrogens (tertiary/aromatic N) is 2. The summed E-state index contributed by atoms with van der Waals surface area (Å²) in [4.78, 5) is 30.1. The van der Waals surface area contributed by atoms with Crippen molar-refractivity contribution in [1.82, 2.24) is 15.8 Å². The van der Waals surface area contributed by atoms with Crippen molar-refractivity contribution in [2.75, 3.05) is 31.2 Å². The zero-order valence-electron chi connectivity index (χ0n) is 18.0. The monoisotopic (exact) mass is 466 g/mol. The van der Waals surface area contributed by atoms with Crippen LogP contribution in [0.2, 0.25) is 0 Å². The second-order valence-corrected chi connectivity index (χ2v) is 7.37. The SMILES string of the molecule is CCOc1ccccc1OCC(=O)NNC(=O)C1CCN(c2ccc(C(F)(F)F)cn2)CC1. The van der Waals surface area contributed by atoms with Crippen molar-refractivity contribution in [3.05, 3.63) is 48.2 Å². The third-order valence-corrected chi connectivity index (χ3v) is 5.10. The Bertz CT molecular complexity index is 945. The van der Waals surface area contributed by atoms with Crippen molar-refractivity contribution in [2.24, 2.45) is 5.92 Å². The normalized spacial score (nSPS) is 14.5. The summed E-state index contributed by atoms with van der Waals surface area (Å²) in [7, 11) is 0. The number of hydrazine groups is 1. The Morgan fingerprint density at radius 2 is 1.73 bits per heavy atom. The number of rotatable bonds is 7. The van der Waals surface area contributed by atoms with Gasteiger partial charge in [0.1, 0.15) is 5.82 Å². The molecule has 2 aromatic rings. The highest BCUT2D eigenvalue weighted by molar-refractivity contribution is 5.84. The van der Waals surface area contributed by atoms with Crippen molar-refractivity contribution < 1.29 is 32.2 Å². The van der Waals surface area contributed by atoms with Gasteiger partial charge in [-0.3, -0.25) is 20.4 Å². The quantitative estimate of drug-likeness (QED) is 0.610. The molecule has 0 unspecified atom stereocenters. The van der Waals surface area contributed by atoms with Gasteiger partial charge in [-0.05, 0) is 44.0 Å². The van der Waals surface area contributed by atoms with E-state index in [9.17, 15) is 22.8 Å². The number of piperidine rings is 1. The summed E-state index contributed by atoms with van der Waals surface area (Å²) < 4.78 is 48.9. The summed E-state index contributed by atoms with van der Waals surface area (Å²) in [5.74, 6) is 0.172. The number of hydrogen-bond donors (Lipinski definition) is 2. The Morgan fingerprint density at radius 1 is 1.06 bits per heavy atom. The van der Waals surface area contributed by atoms with Gasteiger partial charge in [0.05, 0.1) is 12.2 Å². The van der Waals surface area contributed by atoms with E-state index in [-0.39, 0.29) is 18.4 Å². The van der Waals surface area contributed by atoms with Crippen LogP contribution in [-0.2, 0) is 15.8 Å². The average Bonchev–Trinajstić information content (AvgIpc) is 2.82. The highest BCUT2D eigenvalue weighted by Crippen LogP contribution is 2.30. The van der Waals surface area contributed by atoms with Gasteiger partial charge in [0.2, 0.25) is 5.91 Å². The van der Waals surface area contributed by atoms with Crippen LogP contribution in [0.3, 0.4) is 0 Å². The van der Waals surface area contributed by atoms with Gasteiger partial charge in [-0.25, -0.2) is 4.98 Å². The molecule has 1 aromatic heterocycles. The van der Waals surface area contributed by atoms with Gasteiger partial charge < -0.3 is 14.4 Å². The van der Waals surface area contributed by atoms with Crippen molar-refractivity contribution in [3.8, 4) is 11.5 Å². The van der Waals surface area contributed by atoms with Crippen molar-refractivity contribution >= 4 is 17.6 Å². The molecule has 1 aliphatic rings. The summed E-state index contributed by atoms with van der Waals surface area (Å²) in [5, 5.41) is 0. The van der Waals surface area contributed by atoms with Crippen LogP contribution in [-0.4, -0.2) is 43.1 Å². The average molecular weight is 466 g/mol. The maximum Gasteiger partial charge on any atom is 0.417 e. The van der Waals surface area contributed by atoms with Crippen molar-refractivity contribution in [2.45, 2.75) is 25.9 Å². The van der Waals surface area contributed by atoms with E-state index >= 15 is 0 Å². The van der Waals surface area contributed by atoms with E-state index in [0.29, 0.717) is 49.9 Å². The fraction of sp³-hybridized carbons (Fsp3) is 0.409. The number of pyridine rings is 1. The molecule has 3 rings (SSSR count). The fourth-order valence-corrected chi connectivity index (χ4v) is 3.37. The smallest absolute Gasteiger partial charge is 0.417 e. The summed E-state index contributed by atoms with van der Waals surface area (Å²) in [6.07, 6.45) is -2.68. The van der Waals surface area contributed by atoms with E-state index in [1.54, 1.807) is 24.3 Å². The molecule has 0 atom stereocenters. The first-order valence-electron chi connectivity index (χ1n) is 10.5. The number of alkyl halides is 3. The third-order valence-electron chi connectivity index (χ3n) is 5.10. The molecule has 33 heavy (non-hydrogen) atoms. The molecule has 1 aromatic carbocycles. The number of para-hydroxylation sites is 2. The number of benzene rings is 1. The van der Waals surface area contributed by atoms with E-state index in [0.717, 1.165) is 12.3 Å². The lowest BCUT2D eigenvalue weighted by Gasteiger charge is -2.32. The van der Waals surface area contributed by atoms with Gasteiger partial charge in [0.15, 0.2) is 18.1 Å². The van der Waals surface area contributed by atoms with Crippen molar-refractivity contribution in [3.63, 3.8) is 0 Å². The van der Waals surface area contributed by atoms with Crippen LogP contribution in [0.25, 0.3) is 0 Å². The van der Waals surface area contributed by atoms with Crippen LogP contribution >= 0.6 is 0 Å². The number of nitrogens with one attached hydrogen (secondary N) is 2. The van der Waals surface area contributed by atoms with E-state index in [1.807, 2.05) is 11.8 Å². The molecule has 178 valence electrons. The largest absolute Gasteiger partial charge is 0.490 e. The Morgan fingerprint density at radius 3 is 2.30 bits per heavy atom. The Balaban J connectivity index is 1.41. The third kappa shape index (κ3) is 6.74. The molecule has 0 radical (unpaired) electrons. The Hall–Kier alpha value is -3.50. The number of halogens is 3. The molecule has 0 bridgehead atoms. The van der Waals surface area contributed by atoms with E-state index in [2.05, 4.69) is 15.8 Å². The van der Waals surface area contributed by atoms with E-state index in [1.165, 1.54) is 6.07 Å².